The lowest BCUT2D eigenvalue weighted by Crippen LogP contribution is -2.33. The number of imide groups is 1. The Bertz CT molecular complexity index is 1240. The van der Waals surface area contributed by atoms with E-state index >= 15 is 0 Å². The van der Waals surface area contributed by atoms with Crippen LogP contribution in [0.4, 0.5) is 11.4 Å². The van der Waals surface area contributed by atoms with Crippen molar-refractivity contribution in [1.29, 1.82) is 0 Å². The molecule has 8 heteroatoms. The lowest BCUT2D eigenvalue weighted by molar-refractivity contribution is -0.384. The number of nitrogens with zero attached hydrogens (tertiary/aromatic N) is 3. The summed E-state index contributed by atoms with van der Waals surface area (Å²) in [4.78, 5) is 42.9. The van der Waals surface area contributed by atoms with Crippen LogP contribution in [0.3, 0.4) is 0 Å². The number of fused-ring (bicyclic) bond motifs is 2. The number of oxime groups is 1. The normalized spacial score (nSPS) is 20.6. The van der Waals surface area contributed by atoms with Crippen LogP contribution in [0.5, 0.6) is 0 Å². The molecule has 2 amide bonds. The zero-order valence-corrected chi connectivity index (χ0v) is 14.9. The molecule has 0 bridgehead atoms. The number of nitro groups is 1. The highest BCUT2D eigenvalue weighted by atomic mass is 16.7. The van der Waals surface area contributed by atoms with E-state index in [1.54, 1.807) is 18.2 Å². The Morgan fingerprint density at radius 1 is 0.931 bits per heavy atom. The molecule has 2 atom stereocenters. The summed E-state index contributed by atoms with van der Waals surface area (Å²) in [5, 5.41) is 16.8. The summed E-state index contributed by atoms with van der Waals surface area (Å²) in [5.74, 6) is -1.89. The van der Waals surface area contributed by atoms with Gasteiger partial charge in [0.15, 0.2) is 0 Å². The van der Waals surface area contributed by atoms with Gasteiger partial charge in [-0.3, -0.25) is 19.7 Å². The van der Waals surface area contributed by atoms with Crippen molar-refractivity contribution >= 4 is 39.7 Å². The number of rotatable bonds is 3. The molecule has 1 fully saturated rings. The Morgan fingerprint density at radius 3 is 2.52 bits per heavy atom. The maximum Gasteiger partial charge on any atom is 0.278 e. The molecule has 8 nitrogen and oxygen atoms in total. The summed E-state index contributed by atoms with van der Waals surface area (Å²) < 4.78 is 0. The molecule has 0 spiro atoms. The molecule has 2 heterocycles. The van der Waals surface area contributed by atoms with Gasteiger partial charge < -0.3 is 4.84 Å². The van der Waals surface area contributed by atoms with Gasteiger partial charge in [-0.2, -0.15) is 0 Å². The van der Waals surface area contributed by atoms with Crippen molar-refractivity contribution in [2.45, 2.75) is 6.10 Å². The predicted molar refractivity (Wildman–Crippen MR) is 104 cm³/mol. The van der Waals surface area contributed by atoms with Crippen molar-refractivity contribution < 1.29 is 19.3 Å². The fourth-order valence-electron chi connectivity index (χ4n) is 3.76. The topological polar surface area (TPSA) is 102 Å². The smallest absolute Gasteiger partial charge is 0.278 e. The van der Waals surface area contributed by atoms with Gasteiger partial charge in [-0.05, 0) is 22.9 Å². The van der Waals surface area contributed by atoms with Gasteiger partial charge in [0.05, 0.1) is 10.6 Å². The Hall–Kier alpha value is -4.07. The van der Waals surface area contributed by atoms with E-state index in [0.29, 0.717) is 11.3 Å². The highest BCUT2D eigenvalue weighted by Crippen LogP contribution is 2.36. The number of carbonyl (C=O) groups is 2. The fourth-order valence-corrected chi connectivity index (χ4v) is 3.76. The zero-order chi connectivity index (χ0) is 20.1. The summed E-state index contributed by atoms with van der Waals surface area (Å²) in [7, 11) is 0. The second kappa shape index (κ2) is 6.23. The number of hydrogen-bond donors (Lipinski definition) is 0. The number of hydrogen-bond acceptors (Lipinski definition) is 6. The van der Waals surface area contributed by atoms with Crippen LogP contribution < -0.4 is 4.90 Å². The number of nitro benzene ring substituents is 1. The Balaban J connectivity index is 1.52. The first-order valence-corrected chi connectivity index (χ1v) is 8.90. The van der Waals surface area contributed by atoms with Gasteiger partial charge >= 0.3 is 0 Å². The third-order valence-corrected chi connectivity index (χ3v) is 5.16. The van der Waals surface area contributed by atoms with Crippen LogP contribution >= 0.6 is 0 Å². The van der Waals surface area contributed by atoms with Crippen molar-refractivity contribution in [3.63, 3.8) is 0 Å². The summed E-state index contributed by atoms with van der Waals surface area (Å²) >= 11 is 0. The maximum atomic E-state index is 13.1. The number of carbonyl (C=O) groups excluding carboxylic acids is 2. The fraction of sp³-hybridized carbons (Fsp3) is 0.0952. The van der Waals surface area contributed by atoms with Gasteiger partial charge in [-0.1, -0.05) is 47.6 Å². The molecule has 142 valence electrons. The molecule has 29 heavy (non-hydrogen) atoms. The van der Waals surface area contributed by atoms with E-state index in [0.717, 1.165) is 15.7 Å². The minimum atomic E-state index is -1.07. The molecular formula is C21H13N3O5. The van der Waals surface area contributed by atoms with Crippen LogP contribution in [0, 0.1) is 16.0 Å². The van der Waals surface area contributed by atoms with E-state index in [1.165, 1.54) is 18.2 Å². The van der Waals surface area contributed by atoms with Crippen molar-refractivity contribution in [3.8, 4) is 0 Å². The first-order valence-electron chi connectivity index (χ1n) is 8.90. The molecule has 5 rings (SSSR count). The van der Waals surface area contributed by atoms with E-state index in [-0.39, 0.29) is 11.4 Å². The van der Waals surface area contributed by atoms with Crippen LogP contribution in [-0.4, -0.2) is 28.6 Å². The highest BCUT2D eigenvalue weighted by molar-refractivity contribution is 6.32. The number of non-ortho nitro benzene ring substituents is 1. The number of benzene rings is 3. The van der Waals surface area contributed by atoms with Crippen molar-refractivity contribution in [2.24, 2.45) is 11.1 Å². The van der Waals surface area contributed by atoms with Crippen molar-refractivity contribution in [1.82, 2.24) is 0 Å². The van der Waals surface area contributed by atoms with Gasteiger partial charge in [0.1, 0.15) is 11.6 Å². The monoisotopic (exact) mass is 387 g/mol. The largest absolute Gasteiger partial charge is 0.381 e. The molecule has 3 aromatic carbocycles. The van der Waals surface area contributed by atoms with Crippen LogP contribution in [0.2, 0.25) is 0 Å². The molecule has 3 aromatic rings. The lowest BCUT2D eigenvalue weighted by Gasteiger charge is -2.16. The first-order chi connectivity index (χ1) is 14.0. The first kappa shape index (κ1) is 17.1. The minimum Gasteiger partial charge on any atom is -0.381 e. The maximum absolute atomic E-state index is 13.1. The molecule has 2 aliphatic heterocycles. The SMILES string of the molecule is O=C1[C@@H]2C(c3cccc([N+](=O)[O-])c3)=NO[C@H]2C(=O)N1c1ccc2ccccc2c1. The summed E-state index contributed by atoms with van der Waals surface area (Å²) in [5.41, 5.74) is 0.931. The Kier molecular flexibility index (Phi) is 3.67. The van der Waals surface area contributed by atoms with Crippen LogP contribution in [0.25, 0.3) is 10.8 Å². The third kappa shape index (κ3) is 2.57. The van der Waals surface area contributed by atoms with Gasteiger partial charge in [0.25, 0.3) is 11.6 Å². The second-order valence-electron chi connectivity index (χ2n) is 6.83. The third-order valence-electron chi connectivity index (χ3n) is 5.16. The van der Waals surface area contributed by atoms with Crippen LogP contribution in [0.15, 0.2) is 71.9 Å². The molecular weight excluding hydrogens is 374 g/mol. The van der Waals surface area contributed by atoms with Gasteiger partial charge in [0, 0.05) is 17.7 Å². The van der Waals surface area contributed by atoms with E-state index in [9.17, 15) is 19.7 Å². The second-order valence-corrected chi connectivity index (χ2v) is 6.83. The Morgan fingerprint density at radius 2 is 1.72 bits per heavy atom. The zero-order valence-electron chi connectivity index (χ0n) is 14.9. The molecule has 0 aromatic heterocycles. The van der Waals surface area contributed by atoms with Crippen molar-refractivity contribution in [3.05, 3.63) is 82.4 Å². The van der Waals surface area contributed by atoms with E-state index in [4.69, 9.17) is 4.84 Å². The standard InChI is InChI=1S/C21H13N3O5/c25-20-17-18(14-6-3-7-16(11-14)24(27)28)22-29-19(17)21(26)23(20)15-9-8-12-4-1-2-5-13(12)10-15/h1-11,17,19H/t17-,19-/m1/s1. The van der Waals surface area contributed by atoms with Gasteiger partial charge in [-0.15, -0.1) is 0 Å². The quantitative estimate of drug-likeness (QED) is 0.390. The van der Waals surface area contributed by atoms with Crippen molar-refractivity contribution in [2.75, 3.05) is 4.90 Å². The predicted octanol–water partition coefficient (Wildman–Crippen LogP) is 3.04. The summed E-state index contributed by atoms with van der Waals surface area (Å²) in [6.07, 6.45) is -1.07. The van der Waals surface area contributed by atoms with Crippen LogP contribution in [-0.2, 0) is 14.4 Å². The summed E-state index contributed by atoms with van der Waals surface area (Å²) in [6, 6.07) is 18.7. The molecule has 0 radical (unpaired) electrons. The molecule has 1 saturated heterocycles. The van der Waals surface area contributed by atoms with E-state index in [1.807, 2.05) is 30.3 Å². The van der Waals surface area contributed by atoms with Gasteiger partial charge in [0.2, 0.25) is 12.0 Å². The molecule has 0 N–H and O–H groups in total. The lowest BCUT2D eigenvalue weighted by atomic mass is 9.94. The molecule has 2 aliphatic rings. The molecule has 0 aliphatic carbocycles. The average molecular weight is 387 g/mol. The van der Waals surface area contributed by atoms with Crippen LogP contribution in [0.1, 0.15) is 5.56 Å². The van der Waals surface area contributed by atoms with E-state index in [2.05, 4.69) is 5.16 Å². The molecule has 0 unspecified atom stereocenters. The average Bonchev–Trinajstić information content (AvgIpc) is 3.28. The highest BCUT2D eigenvalue weighted by Gasteiger charge is 2.56. The Labute approximate surface area is 164 Å². The minimum absolute atomic E-state index is 0.128. The number of amides is 2. The number of anilines is 1. The molecule has 0 saturated carbocycles. The summed E-state index contributed by atoms with van der Waals surface area (Å²) in [6.45, 7) is 0. The van der Waals surface area contributed by atoms with E-state index < -0.39 is 28.8 Å². The van der Waals surface area contributed by atoms with Gasteiger partial charge in [-0.25, -0.2) is 4.90 Å².